The van der Waals surface area contributed by atoms with Crippen molar-refractivity contribution in [1.29, 1.82) is 0 Å². The Morgan fingerprint density at radius 3 is 2.40 bits per heavy atom. The van der Waals surface area contributed by atoms with E-state index in [0.29, 0.717) is 25.9 Å². The summed E-state index contributed by atoms with van der Waals surface area (Å²) >= 11 is 0. The smallest absolute Gasteiger partial charge is 0.347 e. The first kappa shape index (κ1) is 27.4. The van der Waals surface area contributed by atoms with Crippen molar-refractivity contribution in [2.45, 2.75) is 95.1 Å². The van der Waals surface area contributed by atoms with Crippen molar-refractivity contribution >= 4 is 23.9 Å². The lowest BCUT2D eigenvalue weighted by atomic mass is 9.50. The summed E-state index contributed by atoms with van der Waals surface area (Å²) in [5.41, 5.74) is -2.53. The van der Waals surface area contributed by atoms with E-state index in [0.717, 1.165) is 0 Å². The van der Waals surface area contributed by atoms with E-state index in [1.165, 1.54) is 31.2 Å². The van der Waals surface area contributed by atoms with Gasteiger partial charge in [0.1, 0.15) is 24.4 Å². The molecule has 6 rings (SSSR count). The van der Waals surface area contributed by atoms with E-state index in [1.54, 1.807) is 6.92 Å². The molecule has 10 atom stereocenters. The summed E-state index contributed by atoms with van der Waals surface area (Å²) < 4.78 is 41.7. The first-order valence-corrected chi connectivity index (χ1v) is 14.0. The summed E-state index contributed by atoms with van der Waals surface area (Å²) in [5.74, 6) is -2.98. The number of esters is 4. The molecular formula is C29H36O11. The van der Waals surface area contributed by atoms with Crippen LogP contribution < -0.4 is 0 Å². The van der Waals surface area contributed by atoms with Crippen molar-refractivity contribution in [2.75, 3.05) is 19.8 Å². The van der Waals surface area contributed by atoms with Crippen LogP contribution in [0.5, 0.6) is 0 Å². The molecule has 0 radical (unpaired) electrons. The molecule has 0 unspecified atom stereocenters. The number of carbonyl (C=O) groups excluding carboxylic acids is 4. The average molecular weight is 561 g/mol. The van der Waals surface area contributed by atoms with Gasteiger partial charge in [-0.3, -0.25) is 4.79 Å². The van der Waals surface area contributed by atoms with E-state index in [9.17, 15) is 19.2 Å². The lowest BCUT2D eigenvalue weighted by Crippen LogP contribution is -2.69. The number of allylic oxidation sites excluding steroid dienone is 2. The molecule has 11 heteroatoms. The summed E-state index contributed by atoms with van der Waals surface area (Å²) in [6, 6.07) is 0. The third kappa shape index (κ3) is 4.03. The molecular weight excluding hydrogens is 524 g/mol. The maximum Gasteiger partial charge on any atom is 0.347 e. The second-order valence-corrected chi connectivity index (χ2v) is 12.4. The van der Waals surface area contributed by atoms with E-state index in [2.05, 4.69) is 13.8 Å². The molecule has 6 aliphatic rings. The van der Waals surface area contributed by atoms with E-state index in [4.69, 9.17) is 33.2 Å². The number of epoxide rings is 2. The van der Waals surface area contributed by atoms with Gasteiger partial charge >= 0.3 is 23.9 Å². The van der Waals surface area contributed by atoms with Crippen LogP contribution in [0.3, 0.4) is 0 Å². The highest BCUT2D eigenvalue weighted by atomic mass is 16.7. The predicted molar refractivity (Wildman–Crippen MR) is 134 cm³/mol. The van der Waals surface area contributed by atoms with Crippen molar-refractivity contribution in [3.63, 3.8) is 0 Å². The zero-order valence-electron chi connectivity index (χ0n) is 23.2. The van der Waals surface area contributed by atoms with Gasteiger partial charge in [0.05, 0.1) is 36.4 Å². The number of carbonyl (C=O) groups is 4. The molecule has 11 nitrogen and oxygen atoms in total. The molecule has 3 saturated heterocycles. The van der Waals surface area contributed by atoms with Gasteiger partial charge in [-0.05, 0) is 26.2 Å². The highest BCUT2D eigenvalue weighted by Gasteiger charge is 2.86. The van der Waals surface area contributed by atoms with Crippen LogP contribution in [0.2, 0.25) is 0 Å². The SMILES string of the molecule is CC(=O)O[C@H]1C(=O)OC[C@@]23CC[C@@]4(C)O[C@@H]4[C@@H]2O[C@@H]2C[C@@H](OC(=O)/C=C/C=C/C(=O)OCC[C@H]1C)[C@]3(C)[C@@]21CO1. The van der Waals surface area contributed by atoms with E-state index in [-0.39, 0.29) is 37.4 Å². The second-order valence-electron chi connectivity index (χ2n) is 12.4. The minimum atomic E-state index is -1.19. The predicted octanol–water partition coefficient (Wildman–Crippen LogP) is 1.95. The molecule has 4 heterocycles. The minimum absolute atomic E-state index is 0.000405. The second kappa shape index (κ2) is 9.39. The summed E-state index contributed by atoms with van der Waals surface area (Å²) in [7, 11) is 0. The van der Waals surface area contributed by atoms with Crippen LogP contribution in [-0.4, -0.2) is 85.4 Å². The van der Waals surface area contributed by atoms with Gasteiger partial charge in [0.15, 0.2) is 0 Å². The molecule has 0 aromatic heterocycles. The lowest BCUT2D eigenvalue weighted by Gasteiger charge is -2.58. The van der Waals surface area contributed by atoms with Crippen molar-refractivity contribution in [2.24, 2.45) is 16.7 Å². The van der Waals surface area contributed by atoms with E-state index in [1.807, 2.05) is 0 Å². The maximum atomic E-state index is 13.5. The van der Waals surface area contributed by atoms with Crippen LogP contribution in [0, 0.1) is 16.7 Å². The largest absolute Gasteiger partial charge is 0.463 e. The van der Waals surface area contributed by atoms with Gasteiger partial charge in [-0.15, -0.1) is 0 Å². The summed E-state index contributed by atoms with van der Waals surface area (Å²) in [4.78, 5) is 50.4. The molecule has 0 aromatic carbocycles. The van der Waals surface area contributed by atoms with Crippen molar-refractivity contribution in [1.82, 2.24) is 0 Å². The zero-order valence-corrected chi connectivity index (χ0v) is 23.2. The van der Waals surface area contributed by atoms with Crippen LogP contribution in [0.25, 0.3) is 0 Å². The lowest BCUT2D eigenvalue weighted by molar-refractivity contribution is -0.253. The molecule has 2 spiro atoms. The monoisotopic (exact) mass is 560 g/mol. The van der Waals surface area contributed by atoms with Gasteiger partial charge in [0.25, 0.3) is 0 Å². The quantitative estimate of drug-likeness (QED) is 0.264. The summed E-state index contributed by atoms with van der Waals surface area (Å²) in [6.07, 6.45) is 4.62. The van der Waals surface area contributed by atoms with Crippen LogP contribution in [0.1, 0.15) is 53.4 Å². The van der Waals surface area contributed by atoms with Crippen molar-refractivity contribution in [3.8, 4) is 0 Å². The molecule has 2 bridgehead atoms. The molecule has 2 saturated carbocycles. The van der Waals surface area contributed by atoms with Gasteiger partial charge in [-0.2, -0.15) is 0 Å². The van der Waals surface area contributed by atoms with Crippen LogP contribution in [-0.2, 0) is 52.3 Å². The van der Waals surface area contributed by atoms with Crippen LogP contribution in [0.4, 0.5) is 0 Å². The Morgan fingerprint density at radius 2 is 1.70 bits per heavy atom. The first-order chi connectivity index (χ1) is 19.0. The number of hydrogen-bond acceptors (Lipinski definition) is 11. The highest BCUT2D eigenvalue weighted by Crippen LogP contribution is 2.75. The Hall–Kier alpha value is -2.76. The fraction of sp³-hybridized carbons (Fsp3) is 0.724. The fourth-order valence-corrected chi connectivity index (χ4v) is 7.69. The molecule has 0 N–H and O–H groups in total. The Kier molecular flexibility index (Phi) is 6.43. The Labute approximate surface area is 232 Å². The third-order valence-corrected chi connectivity index (χ3v) is 10.3. The standard InChI is InChI=1S/C29H36O11/c1-16-9-12-34-20(31)7-5-6-8-21(32)38-18-13-19-29(15-36-29)27(18,4)28(14-35-25(33)22(16)37-17(2)30)11-10-26(3)23(40-26)24(28)39-19/h5-8,16,18-19,22-24H,9-15H2,1-4H3/b7-5+,8-6+/t16-,18-,19-,22-,23-,24+,26-,27+,28+,29-/m1/s1. The molecule has 0 aromatic rings. The Morgan fingerprint density at radius 1 is 0.975 bits per heavy atom. The highest BCUT2D eigenvalue weighted by molar-refractivity contribution is 5.84. The van der Waals surface area contributed by atoms with E-state index < -0.39 is 64.5 Å². The van der Waals surface area contributed by atoms with Gasteiger partial charge in [-0.1, -0.05) is 26.0 Å². The summed E-state index contributed by atoms with van der Waals surface area (Å²) in [6.45, 7) is 7.47. The third-order valence-electron chi connectivity index (χ3n) is 10.3. The summed E-state index contributed by atoms with van der Waals surface area (Å²) in [5, 5.41) is 0. The number of hydrogen-bond donors (Lipinski definition) is 0. The van der Waals surface area contributed by atoms with Crippen molar-refractivity contribution in [3.05, 3.63) is 24.3 Å². The van der Waals surface area contributed by atoms with Gasteiger partial charge in [0, 0.05) is 36.8 Å². The Balaban J connectivity index is 1.38. The Bertz CT molecular complexity index is 1170. The number of ether oxygens (including phenoxy) is 7. The molecule has 2 aliphatic carbocycles. The topological polar surface area (TPSA) is 139 Å². The first-order valence-electron chi connectivity index (χ1n) is 14.0. The number of rotatable bonds is 1. The molecule has 40 heavy (non-hydrogen) atoms. The van der Waals surface area contributed by atoms with E-state index >= 15 is 0 Å². The normalized spacial score (nSPS) is 49.6. The molecule has 218 valence electrons. The molecule has 5 fully saturated rings. The zero-order chi connectivity index (χ0) is 28.5. The van der Waals surface area contributed by atoms with Gasteiger partial charge < -0.3 is 33.2 Å². The van der Waals surface area contributed by atoms with Crippen molar-refractivity contribution < 1.29 is 52.3 Å². The average Bonchev–Trinajstić information content (AvgIpc) is 3.81. The molecule has 0 amide bonds. The molecule has 4 aliphatic heterocycles. The number of fused-ring (bicyclic) bond motifs is 2. The number of cyclic esters (lactones) is 2. The van der Waals surface area contributed by atoms with Gasteiger partial charge in [0.2, 0.25) is 6.10 Å². The van der Waals surface area contributed by atoms with Crippen LogP contribution >= 0.6 is 0 Å². The fourth-order valence-electron chi connectivity index (χ4n) is 7.69. The van der Waals surface area contributed by atoms with Crippen LogP contribution in [0.15, 0.2) is 24.3 Å². The maximum absolute atomic E-state index is 13.5. The van der Waals surface area contributed by atoms with Gasteiger partial charge in [-0.25, -0.2) is 14.4 Å². The minimum Gasteiger partial charge on any atom is -0.463 e.